The minimum Gasteiger partial charge on any atom is -0.396 e. The Kier molecular flexibility index (Phi) is 3.39. The number of anilines is 2. The Morgan fingerprint density at radius 3 is 2.81 bits per heavy atom. The molecule has 1 aromatic rings. The minimum absolute atomic E-state index is 0.0603. The predicted octanol–water partition coefficient (Wildman–Crippen LogP) is 2.18. The maximum atomic E-state index is 11.9. The summed E-state index contributed by atoms with van der Waals surface area (Å²) in [5.74, 6) is 0.679. The highest BCUT2D eigenvalue weighted by Crippen LogP contribution is 2.25. The van der Waals surface area contributed by atoms with Gasteiger partial charge in [0.1, 0.15) is 0 Å². The third kappa shape index (κ3) is 2.51. The van der Waals surface area contributed by atoms with Gasteiger partial charge in [0.05, 0.1) is 5.69 Å². The van der Waals surface area contributed by atoms with Gasteiger partial charge in [-0.3, -0.25) is 4.79 Å². The van der Waals surface area contributed by atoms with Crippen LogP contribution in [0.3, 0.4) is 0 Å². The molecule has 0 radical (unpaired) electrons. The van der Waals surface area contributed by atoms with E-state index in [9.17, 15) is 4.79 Å². The van der Waals surface area contributed by atoms with Crippen molar-refractivity contribution in [3.8, 4) is 0 Å². The van der Waals surface area contributed by atoms with Gasteiger partial charge in [-0.1, -0.05) is 19.3 Å². The molecular weight excluding hydrogens is 202 g/mol. The SMILES string of the molecule is Nc1cccnc1NC(=O)C1CCCCC1. The van der Waals surface area contributed by atoms with Gasteiger partial charge in [0.25, 0.3) is 0 Å². The summed E-state index contributed by atoms with van der Waals surface area (Å²) in [6.45, 7) is 0. The fourth-order valence-electron chi connectivity index (χ4n) is 2.11. The van der Waals surface area contributed by atoms with Gasteiger partial charge in [-0.2, -0.15) is 0 Å². The van der Waals surface area contributed by atoms with Crippen molar-refractivity contribution in [2.24, 2.45) is 5.92 Å². The summed E-state index contributed by atoms with van der Waals surface area (Å²) in [6.07, 6.45) is 7.14. The number of nitrogens with two attached hydrogens (primary N) is 1. The zero-order chi connectivity index (χ0) is 11.4. The summed E-state index contributed by atoms with van der Waals surface area (Å²) in [6, 6.07) is 3.50. The van der Waals surface area contributed by atoms with E-state index in [0.717, 1.165) is 25.7 Å². The van der Waals surface area contributed by atoms with Crippen molar-refractivity contribution in [2.45, 2.75) is 32.1 Å². The number of amides is 1. The van der Waals surface area contributed by atoms with Crippen LogP contribution in [0.2, 0.25) is 0 Å². The molecule has 0 bridgehead atoms. The molecule has 0 unspecified atom stereocenters. The number of nitrogen functional groups attached to an aromatic ring is 1. The van der Waals surface area contributed by atoms with E-state index in [1.54, 1.807) is 18.3 Å². The van der Waals surface area contributed by atoms with Gasteiger partial charge in [0.15, 0.2) is 5.82 Å². The van der Waals surface area contributed by atoms with E-state index in [0.29, 0.717) is 11.5 Å². The van der Waals surface area contributed by atoms with Crippen LogP contribution in [-0.4, -0.2) is 10.9 Å². The Morgan fingerprint density at radius 2 is 2.12 bits per heavy atom. The fraction of sp³-hybridized carbons (Fsp3) is 0.500. The van der Waals surface area contributed by atoms with Crippen LogP contribution in [0.25, 0.3) is 0 Å². The Bertz CT molecular complexity index is 372. The maximum Gasteiger partial charge on any atom is 0.228 e. The lowest BCUT2D eigenvalue weighted by molar-refractivity contribution is -0.120. The van der Waals surface area contributed by atoms with E-state index in [2.05, 4.69) is 10.3 Å². The maximum absolute atomic E-state index is 11.9. The van der Waals surface area contributed by atoms with Gasteiger partial charge >= 0.3 is 0 Å². The lowest BCUT2D eigenvalue weighted by Gasteiger charge is -2.20. The third-order valence-corrected chi connectivity index (χ3v) is 3.06. The lowest BCUT2D eigenvalue weighted by Crippen LogP contribution is -2.25. The number of hydrogen-bond acceptors (Lipinski definition) is 3. The summed E-state index contributed by atoms with van der Waals surface area (Å²) < 4.78 is 0. The first-order valence-electron chi connectivity index (χ1n) is 5.79. The molecule has 16 heavy (non-hydrogen) atoms. The average molecular weight is 219 g/mol. The average Bonchev–Trinajstić information content (AvgIpc) is 2.33. The molecule has 0 atom stereocenters. The highest BCUT2D eigenvalue weighted by molar-refractivity contribution is 5.94. The molecule has 2 rings (SSSR count). The molecule has 1 aliphatic carbocycles. The minimum atomic E-state index is 0.0603. The summed E-state index contributed by atoms with van der Waals surface area (Å²) in [4.78, 5) is 16.0. The van der Waals surface area contributed by atoms with E-state index >= 15 is 0 Å². The number of hydrogen-bond donors (Lipinski definition) is 2. The number of carbonyl (C=O) groups is 1. The van der Waals surface area contributed by atoms with Crippen molar-refractivity contribution in [2.75, 3.05) is 11.1 Å². The van der Waals surface area contributed by atoms with Gasteiger partial charge in [-0.25, -0.2) is 4.98 Å². The van der Waals surface area contributed by atoms with E-state index in [-0.39, 0.29) is 11.8 Å². The molecule has 4 heteroatoms. The molecule has 86 valence electrons. The summed E-state index contributed by atoms with van der Waals surface area (Å²) >= 11 is 0. The molecule has 4 nitrogen and oxygen atoms in total. The normalized spacial score (nSPS) is 17.0. The van der Waals surface area contributed by atoms with Crippen LogP contribution in [0.1, 0.15) is 32.1 Å². The molecule has 1 heterocycles. The molecule has 1 aromatic heterocycles. The number of aromatic nitrogens is 1. The van der Waals surface area contributed by atoms with Crippen LogP contribution in [-0.2, 0) is 4.79 Å². The van der Waals surface area contributed by atoms with Crippen molar-refractivity contribution >= 4 is 17.4 Å². The van der Waals surface area contributed by atoms with Crippen molar-refractivity contribution in [1.82, 2.24) is 4.98 Å². The molecule has 0 aromatic carbocycles. The third-order valence-electron chi connectivity index (χ3n) is 3.06. The summed E-state index contributed by atoms with van der Waals surface area (Å²) in [7, 11) is 0. The summed E-state index contributed by atoms with van der Waals surface area (Å²) in [5.41, 5.74) is 6.24. The van der Waals surface area contributed by atoms with E-state index in [1.807, 2.05) is 0 Å². The first-order valence-corrected chi connectivity index (χ1v) is 5.79. The van der Waals surface area contributed by atoms with Crippen LogP contribution >= 0.6 is 0 Å². The van der Waals surface area contributed by atoms with Crippen LogP contribution in [0.4, 0.5) is 11.5 Å². The fourth-order valence-corrected chi connectivity index (χ4v) is 2.11. The van der Waals surface area contributed by atoms with Gasteiger partial charge in [-0.05, 0) is 25.0 Å². The van der Waals surface area contributed by atoms with Crippen molar-refractivity contribution in [3.63, 3.8) is 0 Å². The van der Waals surface area contributed by atoms with Crippen molar-refractivity contribution in [3.05, 3.63) is 18.3 Å². The van der Waals surface area contributed by atoms with Gasteiger partial charge in [-0.15, -0.1) is 0 Å². The molecule has 0 saturated heterocycles. The first-order chi connectivity index (χ1) is 7.77. The predicted molar refractivity (Wildman–Crippen MR) is 63.9 cm³/mol. The second-order valence-corrected chi connectivity index (χ2v) is 4.27. The molecule has 1 fully saturated rings. The number of rotatable bonds is 2. The lowest BCUT2D eigenvalue weighted by atomic mass is 9.89. The number of carbonyl (C=O) groups excluding carboxylic acids is 1. The summed E-state index contributed by atoms with van der Waals surface area (Å²) in [5, 5.41) is 2.80. The molecule has 0 aliphatic heterocycles. The van der Waals surface area contributed by atoms with Crippen LogP contribution < -0.4 is 11.1 Å². The van der Waals surface area contributed by atoms with Crippen molar-refractivity contribution in [1.29, 1.82) is 0 Å². The smallest absolute Gasteiger partial charge is 0.228 e. The largest absolute Gasteiger partial charge is 0.396 e. The van der Waals surface area contributed by atoms with Gasteiger partial charge in [0.2, 0.25) is 5.91 Å². The molecule has 1 saturated carbocycles. The second-order valence-electron chi connectivity index (χ2n) is 4.27. The van der Waals surface area contributed by atoms with Crippen LogP contribution in [0.5, 0.6) is 0 Å². The molecule has 3 N–H and O–H groups in total. The number of nitrogens with zero attached hydrogens (tertiary/aromatic N) is 1. The molecular formula is C12H17N3O. The van der Waals surface area contributed by atoms with Crippen molar-refractivity contribution < 1.29 is 4.79 Å². The Labute approximate surface area is 95.3 Å². The number of nitrogens with one attached hydrogen (secondary N) is 1. The zero-order valence-electron chi connectivity index (χ0n) is 9.28. The highest BCUT2D eigenvalue weighted by atomic mass is 16.1. The first kappa shape index (κ1) is 10.9. The van der Waals surface area contributed by atoms with Crippen LogP contribution in [0.15, 0.2) is 18.3 Å². The quantitative estimate of drug-likeness (QED) is 0.801. The standard InChI is InChI=1S/C12H17N3O/c13-10-7-4-8-14-11(10)15-12(16)9-5-2-1-3-6-9/h4,7-9H,1-3,5-6,13H2,(H,14,15,16). The molecule has 0 spiro atoms. The zero-order valence-corrected chi connectivity index (χ0v) is 9.28. The van der Waals surface area contributed by atoms with Gasteiger partial charge in [0, 0.05) is 12.1 Å². The number of pyridine rings is 1. The Hall–Kier alpha value is -1.58. The second kappa shape index (κ2) is 4.96. The topological polar surface area (TPSA) is 68.0 Å². The van der Waals surface area contributed by atoms with E-state index in [1.165, 1.54) is 6.42 Å². The molecule has 1 amide bonds. The Balaban J connectivity index is 1.99. The van der Waals surface area contributed by atoms with Gasteiger partial charge < -0.3 is 11.1 Å². The van der Waals surface area contributed by atoms with Crippen LogP contribution in [0, 0.1) is 5.92 Å². The van der Waals surface area contributed by atoms with E-state index < -0.39 is 0 Å². The van der Waals surface area contributed by atoms with E-state index in [4.69, 9.17) is 5.73 Å². The molecule has 1 aliphatic rings. The highest BCUT2D eigenvalue weighted by Gasteiger charge is 2.21. The Morgan fingerprint density at radius 1 is 1.38 bits per heavy atom. The monoisotopic (exact) mass is 219 g/mol.